The zero-order valence-corrected chi connectivity index (χ0v) is 14.4. The summed E-state index contributed by atoms with van der Waals surface area (Å²) < 4.78 is 6.34. The highest BCUT2D eigenvalue weighted by Crippen LogP contribution is 2.28. The molecule has 11 heteroatoms. The number of hydrogen-bond donors (Lipinski definition) is 5. The Morgan fingerprint density at radius 3 is 2.84 bits per heavy atom. The van der Waals surface area contributed by atoms with Crippen molar-refractivity contribution < 1.29 is 24.9 Å². The number of aliphatic hydroxyl groups excluding tert-OH is 3. The van der Waals surface area contributed by atoms with Gasteiger partial charge in [-0.05, 0) is 24.5 Å². The summed E-state index contributed by atoms with van der Waals surface area (Å²) in [5.74, 6) is 0.0611. The molecule has 6 N–H and O–H groups in total. The van der Waals surface area contributed by atoms with E-state index in [1.807, 2.05) is 6.26 Å². The first kappa shape index (κ1) is 19.7. The lowest BCUT2D eigenvalue weighted by molar-refractivity contribution is -0.139. The summed E-state index contributed by atoms with van der Waals surface area (Å²) in [5.41, 5.74) is 4.63. The van der Waals surface area contributed by atoms with Crippen LogP contribution in [0.1, 0.15) is 12.6 Å². The smallest absolute Gasteiger partial charge is 0.351 e. The molecule has 10 nitrogen and oxygen atoms in total. The SMILES string of the molecule is CSCC[C@@H](CO)NC(=O)[C@H]1O[C@@H](n2ccc(N)nc2=O)[C@H](O)[C@@H]1O. The van der Waals surface area contributed by atoms with E-state index in [1.54, 1.807) is 11.8 Å². The molecule has 0 unspecified atom stereocenters. The number of hydrogen-bond acceptors (Lipinski definition) is 9. The quantitative estimate of drug-likeness (QED) is 0.353. The Hall–Kier alpha value is -1.66. The summed E-state index contributed by atoms with van der Waals surface area (Å²) in [4.78, 5) is 27.7. The fourth-order valence-corrected chi connectivity index (χ4v) is 3.00. The second-order valence-corrected chi connectivity index (χ2v) is 6.63. The second-order valence-electron chi connectivity index (χ2n) is 5.64. The first-order chi connectivity index (χ1) is 11.9. The van der Waals surface area contributed by atoms with Crippen LogP contribution in [0.2, 0.25) is 0 Å². The van der Waals surface area contributed by atoms with Crippen LogP contribution in [0, 0.1) is 0 Å². The molecule has 0 spiro atoms. The lowest BCUT2D eigenvalue weighted by Crippen LogP contribution is -2.47. The Bertz CT molecular complexity index is 656. The molecule has 5 atom stereocenters. The zero-order valence-electron chi connectivity index (χ0n) is 13.6. The minimum Gasteiger partial charge on any atom is -0.394 e. The summed E-state index contributed by atoms with van der Waals surface area (Å²) in [6.45, 7) is -0.261. The maximum atomic E-state index is 12.3. The van der Waals surface area contributed by atoms with E-state index >= 15 is 0 Å². The van der Waals surface area contributed by atoms with Gasteiger partial charge in [-0.2, -0.15) is 16.7 Å². The molecule has 2 heterocycles. The molecule has 1 saturated heterocycles. The molecular weight excluding hydrogens is 352 g/mol. The number of aliphatic hydroxyl groups is 3. The van der Waals surface area contributed by atoms with Crippen molar-refractivity contribution in [3.05, 3.63) is 22.7 Å². The molecule has 2 rings (SSSR count). The number of carbonyl (C=O) groups excluding carboxylic acids is 1. The molecule has 1 aromatic rings. The molecule has 0 saturated carbocycles. The van der Waals surface area contributed by atoms with Gasteiger partial charge in [-0.3, -0.25) is 9.36 Å². The Labute approximate surface area is 148 Å². The summed E-state index contributed by atoms with van der Waals surface area (Å²) >= 11 is 1.57. The maximum Gasteiger partial charge on any atom is 0.351 e. The third kappa shape index (κ3) is 4.50. The largest absolute Gasteiger partial charge is 0.394 e. The highest BCUT2D eigenvalue weighted by atomic mass is 32.2. The third-order valence-electron chi connectivity index (χ3n) is 3.86. The van der Waals surface area contributed by atoms with Gasteiger partial charge in [-0.1, -0.05) is 0 Å². The van der Waals surface area contributed by atoms with E-state index in [0.29, 0.717) is 6.42 Å². The van der Waals surface area contributed by atoms with Gasteiger partial charge in [0.25, 0.3) is 5.91 Å². The van der Waals surface area contributed by atoms with E-state index in [2.05, 4.69) is 10.3 Å². The number of thioether (sulfide) groups is 1. The van der Waals surface area contributed by atoms with Gasteiger partial charge in [-0.25, -0.2) is 4.79 Å². The second kappa shape index (κ2) is 8.63. The van der Waals surface area contributed by atoms with Crippen molar-refractivity contribution in [3.63, 3.8) is 0 Å². The minimum absolute atomic E-state index is 0.00293. The van der Waals surface area contributed by atoms with Gasteiger partial charge >= 0.3 is 5.69 Å². The standard InChI is InChI=1S/C14H22N4O6S/c1-25-5-3-7(6-19)16-12(22)11-9(20)10(21)13(24-11)18-4-2-8(15)17-14(18)23/h2,4,7,9-11,13,19-21H,3,5-6H2,1H3,(H,16,22)(H2,15,17,23)/t7-,9-,10+,11-,13+/m0/s1. The van der Waals surface area contributed by atoms with Crippen LogP contribution in [-0.2, 0) is 9.53 Å². The predicted octanol–water partition coefficient (Wildman–Crippen LogP) is -2.33. The molecule has 1 aromatic heterocycles. The Balaban J connectivity index is 2.10. The van der Waals surface area contributed by atoms with Crippen LogP contribution >= 0.6 is 11.8 Å². The molecule has 1 aliphatic rings. The fraction of sp³-hybridized carbons (Fsp3) is 0.643. The number of nitrogens with one attached hydrogen (secondary N) is 1. The number of carbonyl (C=O) groups is 1. The average molecular weight is 374 g/mol. The van der Waals surface area contributed by atoms with Crippen molar-refractivity contribution in [3.8, 4) is 0 Å². The van der Waals surface area contributed by atoms with Crippen molar-refractivity contribution in [1.29, 1.82) is 0 Å². The van der Waals surface area contributed by atoms with Gasteiger partial charge in [0.15, 0.2) is 12.3 Å². The number of nitrogens with two attached hydrogens (primary N) is 1. The van der Waals surface area contributed by atoms with Crippen molar-refractivity contribution in [2.45, 2.75) is 37.0 Å². The van der Waals surface area contributed by atoms with Gasteiger partial charge in [0, 0.05) is 6.20 Å². The molecule has 0 radical (unpaired) electrons. The maximum absolute atomic E-state index is 12.3. The van der Waals surface area contributed by atoms with Crippen LogP contribution in [0.4, 0.5) is 5.82 Å². The summed E-state index contributed by atoms with van der Waals surface area (Å²) in [5, 5.41) is 32.1. The number of rotatable bonds is 7. The molecule has 1 fully saturated rings. The lowest BCUT2D eigenvalue weighted by atomic mass is 10.1. The average Bonchev–Trinajstić information content (AvgIpc) is 2.87. The van der Waals surface area contributed by atoms with E-state index in [-0.39, 0.29) is 12.4 Å². The van der Waals surface area contributed by atoms with E-state index in [4.69, 9.17) is 10.5 Å². The summed E-state index contributed by atoms with van der Waals surface area (Å²) in [6.07, 6.45) is -1.98. The molecule has 1 amide bonds. The molecule has 0 aromatic carbocycles. The molecule has 0 bridgehead atoms. The van der Waals surface area contributed by atoms with Gasteiger partial charge in [0.2, 0.25) is 0 Å². The first-order valence-corrected chi connectivity index (χ1v) is 9.04. The molecule has 25 heavy (non-hydrogen) atoms. The summed E-state index contributed by atoms with van der Waals surface area (Å²) in [6, 6.07) is 0.842. The van der Waals surface area contributed by atoms with Crippen LogP contribution in [0.15, 0.2) is 17.1 Å². The van der Waals surface area contributed by atoms with Gasteiger partial charge in [0.05, 0.1) is 12.6 Å². The van der Waals surface area contributed by atoms with Crippen molar-refractivity contribution in [2.24, 2.45) is 0 Å². The van der Waals surface area contributed by atoms with Crippen LogP contribution in [0.25, 0.3) is 0 Å². The number of aromatic nitrogens is 2. The lowest BCUT2D eigenvalue weighted by Gasteiger charge is -2.20. The number of anilines is 1. The van der Waals surface area contributed by atoms with Gasteiger partial charge in [0.1, 0.15) is 18.0 Å². The Morgan fingerprint density at radius 1 is 1.52 bits per heavy atom. The van der Waals surface area contributed by atoms with E-state index in [0.717, 1.165) is 10.3 Å². The molecule has 1 aliphatic heterocycles. The number of nitrogen functional groups attached to an aromatic ring is 1. The third-order valence-corrected chi connectivity index (χ3v) is 4.50. The molecular formula is C14H22N4O6S. The Morgan fingerprint density at radius 2 is 2.24 bits per heavy atom. The first-order valence-electron chi connectivity index (χ1n) is 7.65. The zero-order chi connectivity index (χ0) is 18.6. The van der Waals surface area contributed by atoms with E-state index < -0.39 is 42.2 Å². The normalized spacial score (nSPS) is 27.2. The van der Waals surface area contributed by atoms with Crippen LogP contribution in [-0.4, -0.2) is 73.7 Å². The topological polar surface area (TPSA) is 160 Å². The van der Waals surface area contributed by atoms with Gasteiger partial charge in [-0.15, -0.1) is 0 Å². The minimum atomic E-state index is -1.53. The number of amides is 1. The molecule has 0 aliphatic carbocycles. The highest BCUT2D eigenvalue weighted by molar-refractivity contribution is 7.98. The Kier molecular flexibility index (Phi) is 6.79. The van der Waals surface area contributed by atoms with Crippen molar-refractivity contribution in [1.82, 2.24) is 14.9 Å². The van der Waals surface area contributed by atoms with Crippen molar-refractivity contribution in [2.75, 3.05) is 24.3 Å². The van der Waals surface area contributed by atoms with Crippen molar-refractivity contribution >= 4 is 23.5 Å². The van der Waals surface area contributed by atoms with Crippen LogP contribution < -0.4 is 16.7 Å². The summed E-state index contributed by atoms with van der Waals surface area (Å²) in [7, 11) is 0. The highest BCUT2D eigenvalue weighted by Gasteiger charge is 2.47. The van der Waals surface area contributed by atoms with E-state index in [9.17, 15) is 24.9 Å². The molecule has 140 valence electrons. The predicted molar refractivity (Wildman–Crippen MR) is 90.8 cm³/mol. The monoisotopic (exact) mass is 374 g/mol. The van der Waals surface area contributed by atoms with Crippen LogP contribution in [0.5, 0.6) is 0 Å². The fourth-order valence-electron chi connectivity index (χ4n) is 2.48. The van der Waals surface area contributed by atoms with Gasteiger partial charge < -0.3 is 31.1 Å². The number of ether oxygens (including phenoxy) is 1. The van der Waals surface area contributed by atoms with Crippen LogP contribution in [0.3, 0.4) is 0 Å². The number of nitrogens with zero attached hydrogens (tertiary/aromatic N) is 2. The van der Waals surface area contributed by atoms with E-state index in [1.165, 1.54) is 12.3 Å².